The molecule has 2 aromatic rings. The maximum absolute atomic E-state index is 12.8. The first kappa shape index (κ1) is 22.1. The van der Waals surface area contributed by atoms with Crippen molar-refractivity contribution >= 4 is 21.6 Å². The van der Waals surface area contributed by atoms with E-state index in [0.717, 1.165) is 11.1 Å². The van der Waals surface area contributed by atoms with Gasteiger partial charge in [0.2, 0.25) is 15.9 Å². The van der Waals surface area contributed by atoms with Crippen LogP contribution in [-0.2, 0) is 20.6 Å². The van der Waals surface area contributed by atoms with Gasteiger partial charge < -0.3 is 14.8 Å². The smallest absolute Gasteiger partial charge is 0.227 e. The number of carbonyl (C=O) groups is 1. The maximum atomic E-state index is 12.8. The number of nitrogens with one attached hydrogen (secondary N) is 1. The summed E-state index contributed by atoms with van der Waals surface area (Å²) in [4.78, 5) is 12.7. The maximum Gasteiger partial charge on any atom is 0.227 e. The zero-order valence-corrected chi connectivity index (χ0v) is 18.4. The van der Waals surface area contributed by atoms with Gasteiger partial charge in [0.25, 0.3) is 0 Å². The van der Waals surface area contributed by atoms with Gasteiger partial charge in [-0.2, -0.15) is 0 Å². The Balaban J connectivity index is 1.59. The zero-order chi connectivity index (χ0) is 21.7. The van der Waals surface area contributed by atoms with Crippen LogP contribution in [0, 0.1) is 12.8 Å². The van der Waals surface area contributed by atoms with E-state index in [1.807, 2.05) is 31.2 Å². The molecule has 0 unspecified atom stereocenters. The Hall–Kier alpha value is -2.58. The van der Waals surface area contributed by atoms with Gasteiger partial charge >= 0.3 is 0 Å². The molecule has 1 amide bonds. The largest absolute Gasteiger partial charge is 0.497 e. The van der Waals surface area contributed by atoms with Crippen LogP contribution in [-0.4, -0.2) is 45.9 Å². The molecule has 162 valence electrons. The molecule has 1 saturated heterocycles. The Labute approximate surface area is 178 Å². The summed E-state index contributed by atoms with van der Waals surface area (Å²) in [6, 6.07) is 12.7. The van der Waals surface area contributed by atoms with Crippen LogP contribution in [0.25, 0.3) is 0 Å². The fourth-order valence-electron chi connectivity index (χ4n) is 3.53. The zero-order valence-electron chi connectivity index (χ0n) is 17.6. The highest BCUT2D eigenvalue weighted by molar-refractivity contribution is 7.88. The van der Waals surface area contributed by atoms with Crippen LogP contribution in [0.5, 0.6) is 11.5 Å². The molecule has 0 saturated carbocycles. The number of nitrogens with zero attached hydrogens (tertiary/aromatic N) is 1. The van der Waals surface area contributed by atoms with E-state index in [4.69, 9.17) is 9.47 Å². The number of carbonyl (C=O) groups excluding carboxylic acids is 1. The molecule has 0 aromatic heterocycles. The third kappa shape index (κ3) is 5.31. The summed E-state index contributed by atoms with van der Waals surface area (Å²) >= 11 is 0. The van der Waals surface area contributed by atoms with Crippen molar-refractivity contribution in [3.8, 4) is 11.5 Å². The van der Waals surface area contributed by atoms with Crippen LogP contribution >= 0.6 is 0 Å². The molecular weight excluding hydrogens is 404 g/mol. The first-order valence-corrected chi connectivity index (χ1v) is 11.5. The molecule has 0 radical (unpaired) electrons. The lowest BCUT2D eigenvalue weighted by molar-refractivity contribution is -0.120. The standard InChI is InChI=1S/C22H28N2O5S/c1-16-4-6-17(7-5-16)15-30(26,27)24-12-10-18(11-13-24)22(25)23-20-14-19(28-2)8-9-21(20)29-3/h4-9,14,18H,10-13,15H2,1-3H3,(H,23,25). The number of methoxy groups -OCH3 is 2. The predicted octanol–water partition coefficient (Wildman–Crippen LogP) is 3.19. The molecule has 8 heteroatoms. The molecule has 0 spiro atoms. The number of amides is 1. The number of aryl methyl sites for hydroxylation is 1. The van der Waals surface area contributed by atoms with Crippen molar-refractivity contribution in [2.24, 2.45) is 5.92 Å². The van der Waals surface area contributed by atoms with Crippen LogP contribution < -0.4 is 14.8 Å². The second-order valence-electron chi connectivity index (χ2n) is 7.47. The van der Waals surface area contributed by atoms with Crippen molar-refractivity contribution in [2.45, 2.75) is 25.5 Å². The Morgan fingerprint density at radius 3 is 2.33 bits per heavy atom. The quantitative estimate of drug-likeness (QED) is 0.726. The third-order valence-electron chi connectivity index (χ3n) is 5.35. The van der Waals surface area contributed by atoms with Crippen molar-refractivity contribution in [1.29, 1.82) is 0 Å². The average molecular weight is 433 g/mol. The number of sulfonamides is 1. The topological polar surface area (TPSA) is 84.9 Å². The number of anilines is 1. The Morgan fingerprint density at radius 2 is 1.73 bits per heavy atom. The van der Waals surface area contributed by atoms with Gasteiger partial charge in [-0.15, -0.1) is 0 Å². The second-order valence-corrected chi connectivity index (χ2v) is 9.44. The van der Waals surface area contributed by atoms with E-state index in [1.54, 1.807) is 25.3 Å². The lowest BCUT2D eigenvalue weighted by atomic mass is 9.97. The molecule has 3 rings (SSSR count). The van der Waals surface area contributed by atoms with Crippen molar-refractivity contribution in [2.75, 3.05) is 32.6 Å². The molecule has 1 aliphatic heterocycles. The van der Waals surface area contributed by atoms with E-state index in [0.29, 0.717) is 43.1 Å². The number of ether oxygens (including phenoxy) is 2. The van der Waals surface area contributed by atoms with Crippen LogP contribution in [0.2, 0.25) is 0 Å². The molecule has 1 aliphatic rings. The molecule has 0 bridgehead atoms. The lowest BCUT2D eigenvalue weighted by Gasteiger charge is -2.30. The Bertz CT molecular complexity index is 981. The van der Waals surface area contributed by atoms with Crippen molar-refractivity contribution in [3.05, 3.63) is 53.6 Å². The molecule has 1 fully saturated rings. The molecule has 0 atom stereocenters. The minimum atomic E-state index is -3.41. The van der Waals surface area contributed by atoms with Crippen LogP contribution in [0.1, 0.15) is 24.0 Å². The SMILES string of the molecule is COc1ccc(OC)c(NC(=O)C2CCN(S(=O)(=O)Cc3ccc(C)cc3)CC2)c1. The number of piperidine rings is 1. The van der Waals surface area contributed by atoms with Crippen LogP contribution in [0.15, 0.2) is 42.5 Å². The van der Waals surface area contributed by atoms with Gasteiger partial charge in [0, 0.05) is 25.1 Å². The summed E-state index contributed by atoms with van der Waals surface area (Å²) in [5.41, 5.74) is 2.40. The van der Waals surface area contributed by atoms with E-state index < -0.39 is 10.0 Å². The minimum Gasteiger partial charge on any atom is -0.497 e. The highest BCUT2D eigenvalue weighted by Gasteiger charge is 2.31. The highest BCUT2D eigenvalue weighted by Crippen LogP contribution is 2.30. The molecule has 1 N–H and O–H groups in total. The summed E-state index contributed by atoms with van der Waals surface area (Å²) in [5, 5.41) is 2.89. The van der Waals surface area contributed by atoms with Crippen molar-refractivity contribution in [3.63, 3.8) is 0 Å². The monoisotopic (exact) mass is 432 g/mol. The van der Waals surface area contributed by atoms with E-state index >= 15 is 0 Å². The fraction of sp³-hybridized carbons (Fsp3) is 0.409. The Morgan fingerprint density at radius 1 is 1.07 bits per heavy atom. The molecular formula is C22H28N2O5S. The molecule has 7 nitrogen and oxygen atoms in total. The van der Waals surface area contributed by atoms with E-state index in [1.165, 1.54) is 11.4 Å². The number of benzene rings is 2. The van der Waals surface area contributed by atoms with Gasteiger partial charge in [0.05, 0.1) is 25.7 Å². The van der Waals surface area contributed by atoms with E-state index in [2.05, 4.69) is 5.32 Å². The number of hydrogen-bond donors (Lipinski definition) is 1. The van der Waals surface area contributed by atoms with Gasteiger partial charge in [-0.05, 0) is 37.5 Å². The van der Waals surface area contributed by atoms with E-state index in [9.17, 15) is 13.2 Å². The highest BCUT2D eigenvalue weighted by atomic mass is 32.2. The molecule has 30 heavy (non-hydrogen) atoms. The van der Waals surface area contributed by atoms with Gasteiger partial charge in [-0.1, -0.05) is 29.8 Å². The van der Waals surface area contributed by atoms with Crippen LogP contribution in [0.3, 0.4) is 0 Å². The predicted molar refractivity (Wildman–Crippen MR) is 116 cm³/mol. The molecule has 1 heterocycles. The van der Waals surface area contributed by atoms with Gasteiger partial charge in [-0.25, -0.2) is 12.7 Å². The summed E-state index contributed by atoms with van der Waals surface area (Å²) in [6.45, 7) is 2.64. The normalized spacial score (nSPS) is 15.6. The Kier molecular flexibility index (Phi) is 6.99. The summed E-state index contributed by atoms with van der Waals surface area (Å²) in [7, 11) is -0.320. The third-order valence-corrected chi connectivity index (χ3v) is 7.20. The minimum absolute atomic E-state index is 0.0227. The summed E-state index contributed by atoms with van der Waals surface area (Å²) < 4.78 is 37.5. The number of hydrogen-bond acceptors (Lipinski definition) is 5. The average Bonchev–Trinajstić information content (AvgIpc) is 2.75. The van der Waals surface area contributed by atoms with Crippen molar-refractivity contribution < 1.29 is 22.7 Å². The van der Waals surface area contributed by atoms with Gasteiger partial charge in [-0.3, -0.25) is 4.79 Å². The fourth-order valence-corrected chi connectivity index (χ4v) is 5.09. The van der Waals surface area contributed by atoms with Gasteiger partial charge in [0.1, 0.15) is 11.5 Å². The molecule has 2 aromatic carbocycles. The lowest BCUT2D eigenvalue weighted by Crippen LogP contribution is -2.41. The second kappa shape index (κ2) is 9.49. The first-order chi connectivity index (χ1) is 14.3. The molecule has 0 aliphatic carbocycles. The first-order valence-electron chi connectivity index (χ1n) is 9.88. The van der Waals surface area contributed by atoms with E-state index in [-0.39, 0.29) is 17.6 Å². The number of rotatable bonds is 7. The van der Waals surface area contributed by atoms with Crippen molar-refractivity contribution in [1.82, 2.24) is 4.31 Å². The van der Waals surface area contributed by atoms with Gasteiger partial charge in [0.15, 0.2) is 0 Å². The summed E-state index contributed by atoms with van der Waals surface area (Å²) in [5.74, 6) is 0.736. The summed E-state index contributed by atoms with van der Waals surface area (Å²) in [6.07, 6.45) is 0.955. The van der Waals surface area contributed by atoms with Crippen LogP contribution in [0.4, 0.5) is 5.69 Å².